The van der Waals surface area contributed by atoms with Crippen LogP contribution in [0.2, 0.25) is 0 Å². The Kier molecular flexibility index (Phi) is 5.46. The van der Waals surface area contributed by atoms with Gasteiger partial charge in [-0.05, 0) is 55.4 Å². The third kappa shape index (κ3) is 4.61. The molecule has 0 aliphatic rings. The van der Waals surface area contributed by atoms with E-state index in [1.807, 2.05) is 0 Å². The third-order valence-corrected chi connectivity index (χ3v) is 4.71. The topological polar surface area (TPSA) is 75.3 Å². The second-order valence-corrected chi connectivity index (χ2v) is 6.75. The molecular weight excluding hydrogens is 319 g/mol. The molecule has 0 aromatic heterocycles. The SMILES string of the molecule is CNS(=O)(=O)c1ccc(C(=O)NCCc2cccc(F)c2)cc1. The van der Waals surface area contributed by atoms with Crippen LogP contribution in [-0.4, -0.2) is 27.9 Å². The van der Waals surface area contributed by atoms with Crippen molar-refractivity contribution in [2.24, 2.45) is 0 Å². The van der Waals surface area contributed by atoms with Gasteiger partial charge in [0.15, 0.2) is 0 Å². The summed E-state index contributed by atoms with van der Waals surface area (Å²) in [5.41, 5.74) is 1.15. The van der Waals surface area contributed by atoms with E-state index in [9.17, 15) is 17.6 Å². The highest BCUT2D eigenvalue weighted by molar-refractivity contribution is 7.89. The molecule has 0 unspecified atom stereocenters. The van der Waals surface area contributed by atoms with Gasteiger partial charge in [-0.15, -0.1) is 0 Å². The number of rotatable bonds is 6. The average Bonchev–Trinajstić information content (AvgIpc) is 2.55. The quantitative estimate of drug-likeness (QED) is 0.843. The second kappa shape index (κ2) is 7.34. The van der Waals surface area contributed by atoms with Gasteiger partial charge < -0.3 is 5.32 Å². The maximum absolute atomic E-state index is 13.0. The van der Waals surface area contributed by atoms with Gasteiger partial charge in [0.25, 0.3) is 5.91 Å². The van der Waals surface area contributed by atoms with Crippen LogP contribution in [0.1, 0.15) is 15.9 Å². The summed E-state index contributed by atoms with van der Waals surface area (Å²) in [5.74, 6) is -0.620. The fourth-order valence-corrected chi connectivity index (χ4v) is 2.75. The Labute approximate surface area is 134 Å². The predicted molar refractivity (Wildman–Crippen MR) is 85.1 cm³/mol. The summed E-state index contributed by atoms with van der Waals surface area (Å²) in [5, 5.41) is 2.71. The van der Waals surface area contributed by atoms with E-state index in [0.29, 0.717) is 18.5 Å². The molecule has 2 rings (SSSR count). The molecule has 2 aromatic carbocycles. The molecule has 0 saturated carbocycles. The molecule has 0 bridgehead atoms. The largest absolute Gasteiger partial charge is 0.352 e. The minimum Gasteiger partial charge on any atom is -0.352 e. The standard InChI is InChI=1S/C16H17FN2O3S/c1-18-23(21,22)15-7-5-13(6-8-15)16(20)19-10-9-12-3-2-4-14(17)11-12/h2-8,11,18H,9-10H2,1H3,(H,19,20). The van der Waals surface area contributed by atoms with Crippen molar-refractivity contribution in [1.29, 1.82) is 0 Å². The molecule has 0 spiro atoms. The lowest BCUT2D eigenvalue weighted by Crippen LogP contribution is -2.26. The van der Waals surface area contributed by atoms with Crippen LogP contribution in [0.15, 0.2) is 53.4 Å². The normalized spacial score (nSPS) is 11.2. The first-order valence-corrected chi connectivity index (χ1v) is 8.47. The minimum absolute atomic E-state index is 0.0938. The number of carbonyl (C=O) groups is 1. The number of hydrogen-bond acceptors (Lipinski definition) is 3. The lowest BCUT2D eigenvalue weighted by Gasteiger charge is -2.07. The monoisotopic (exact) mass is 336 g/mol. The van der Waals surface area contributed by atoms with E-state index in [1.54, 1.807) is 12.1 Å². The number of nitrogens with one attached hydrogen (secondary N) is 2. The van der Waals surface area contributed by atoms with Gasteiger partial charge in [-0.2, -0.15) is 0 Å². The molecule has 1 amide bonds. The zero-order chi connectivity index (χ0) is 16.9. The van der Waals surface area contributed by atoms with Crippen LogP contribution in [0.3, 0.4) is 0 Å². The summed E-state index contributed by atoms with van der Waals surface area (Å²) >= 11 is 0. The Morgan fingerprint density at radius 2 is 1.83 bits per heavy atom. The zero-order valence-electron chi connectivity index (χ0n) is 12.5. The molecule has 5 nitrogen and oxygen atoms in total. The number of benzene rings is 2. The fourth-order valence-electron chi connectivity index (χ4n) is 2.02. The Bertz CT molecular complexity index is 789. The Balaban J connectivity index is 1.93. The molecule has 0 aliphatic heterocycles. The van der Waals surface area contributed by atoms with Gasteiger partial charge in [0.2, 0.25) is 10.0 Å². The van der Waals surface area contributed by atoms with Crippen molar-refractivity contribution in [2.45, 2.75) is 11.3 Å². The van der Waals surface area contributed by atoms with Gasteiger partial charge in [0.05, 0.1) is 4.90 Å². The molecule has 0 radical (unpaired) electrons. The first-order chi connectivity index (χ1) is 10.9. The summed E-state index contributed by atoms with van der Waals surface area (Å²) in [7, 11) is -2.19. The van der Waals surface area contributed by atoms with Crippen LogP contribution in [0.5, 0.6) is 0 Å². The Hall–Kier alpha value is -2.25. The van der Waals surface area contributed by atoms with Crippen LogP contribution >= 0.6 is 0 Å². The smallest absolute Gasteiger partial charge is 0.251 e. The maximum Gasteiger partial charge on any atom is 0.251 e. The molecule has 0 heterocycles. The lowest BCUT2D eigenvalue weighted by atomic mass is 10.1. The van der Waals surface area contributed by atoms with Crippen molar-refractivity contribution in [3.05, 3.63) is 65.5 Å². The first-order valence-electron chi connectivity index (χ1n) is 6.98. The number of halogens is 1. The highest BCUT2D eigenvalue weighted by atomic mass is 32.2. The van der Waals surface area contributed by atoms with E-state index in [2.05, 4.69) is 10.0 Å². The average molecular weight is 336 g/mol. The third-order valence-electron chi connectivity index (χ3n) is 3.28. The van der Waals surface area contributed by atoms with Gasteiger partial charge in [0, 0.05) is 12.1 Å². The summed E-state index contributed by atoms with van der Waals surface area (Å²) in [6, 6.07) is 11.8. The summed E-state index contributed by atoms with van der Waals surface area (Å²) in [4.78, 5) is 12.1. The van der Waals surface area contributed by atoms with Crippen LogP contribution in [0.25, 0.3) is 0 Å². The highest BCUT2D eigenvalue weighted by Crippen LogP contribution is 2.10. The van der Waals surface area contributed by atoms with Crippen molar-refractivity contribution in [2.75, 3.05) is 13.6 Å². The molecule has 2 N–H and O–H groups in total. The maximum atomic E-state index is 13.0. The second-order valence-electron chi connectivity index (χ2n) is 4.87. The number of carbonyl (C=O) groups excluding carboxylic acids is 1. The van der Waals surface area contributed by atoms with Gasteiger partial charge in [-0.3, -0.25) is 4.79 Å². The molecule has 0 aliphatic carbocycles. The van der Waals surface area contributed by atoms with Gasteiger partial charge >= 0.3 is 0 Å². The number of sulfonamides is 1. The molecular formula is C16H17FN2O3S. The van der Waals surface area contributed by atoms with E-state index in [-0.39, 0.29) is 16.6 Å². The van der Waals surface area contributed by atoms with Crippen molar-refractivity contribution in [3.8, 4) is 0 Å². The van der Waals surface area contributed by atoms with Crippen LogP contribution in [0, 0.1) is 5.82 Å². The molecule has 2 aromatic rings. The van der Waals surface area contributed by atoms with Crippen LogP contribution in [-0.2, 0) is 16.4 Å². The lowest BCUT2D eigenvalue weighted by molar-refractivity contribution is 0.0954. The van der Waals surface area contributed by atoms with Crippen molar-refractivity contribution >= 4 is 15.9 Å². The van der Waals surface area contributed by atoms with E-state index >= 15 is 0 Å². The number of amides is 1. The summed E-state index contributed by atoms with van der Waals surface area (Å²) in [6.45, 7) is 0.360. The fraction of sp³-hybridized carbons (Fsp3) is 0.188. The highest BCUT2D eigenvalue weighted by Gasteiger charge is 2.12. The molecule has 122 valence electrons. The van der Waals surface area contributed by atoms with Crippen molar-refractivity contribution in [3.63, 3.8) is 0 Å². The van der Waals surface area contributed by atoms with E-state index in [1.165, 1.54) is 43.4 Å². The van der Waals surface area contributed by atoms with Gasteiger partial charge in [-0.1, -0.05) is 12.1 Å². The molecule has 7 heteroatoms. The zero-order valence-corrected chi connectivity index (χ0v) is 13.4. The first kappa shape index (κ1) is 17.1. The van der Waals surface area contributed by atoms with Crippen LogP contribution in [0.4, 0.5) is 4.39 Å². The number of hydrogen-bond donors (Lipinski definition) is 2. The Morgan fingerprint density at radius 1 is 1.13 bits per heavy atom. The molecule has 0 saturated heterocycles. The Morgan fingerprint density at radius 3 is 2.43 bits per heavy atom. The predicted octanol–water partition coefficient (Wildman–Crippen LogP) is 1.71. The van der Waals surface area contributed by atoms with Gasteiger partial charge in [0.1, 0.15) is 5.82 Å². The molecule has 0 atom stereocenters. The summed E-state index contributed by atoms with van der Waals surface area (Å²) in [6.07, 6.45) is 0.510. The van der Waals surface area contributed by atoms with Crippen molar-refractivity contribution in [1.82, 2.24) is 10.0 Å². The van der Waals surface area contributed by atoms with Crippen molar-refractivity contribution < 1.29 is 17.6 Å². The minimum atomic E-state index is -3.51. The molecule has 23 heavy (non-hydrogen) atoms. The van der Waals surface area contributed by atoms with Gasteiger partial charge in [-0.25, -0.2) is 17.5 Å². The van der Waals surface area contributed by atoms with E-state index in [4.69, 9.17) is 0 Å². The van der Waals surface area contributed by atoms with E-state index in [0.717, 1.165) is 5.56 Å². The molecule has 0 fully saturated rings. The van der Waals surface area contributed by atoms with Crippen LogP contribution < -0.4 is 10.0 Å². The van der Waals surface area contributed by atoms with E-state index < -0.39 is 10.0 Å². The summed E-state index contributed by atoms with van der Waals surface area (Å²) < 4.78 is 38.4.